The van der Waals surface area contributed by atoms with E-state index in [0.717, 1.165) is 0 Å². The molecule has 0 spiro atoms. The summed E-state index contributed by atoms with van der Waals surface area (Å²) in [7, 11) is 0. The second kappa shape index (κ2) is 14.4. The molecule has 9 nitrogen and oxygen atoms in total. The van der Waals surface area contributed by atoms with Crippen molar-refractivity contribution in [3.63, 3.8) is 0 Å². The van der Waals surface area contributed by atoms with Gasteiger partial charge in [-0.3, -0.25) is 24.6 Å². The van der Waals surface area contributed by atoms with Crippen LogP contribution in [0.2, 0.25) is 15.1 Å². The van der Waals surface area contributed by atoms with E-state index in [1.807, 2.05) is 0 Å². The van der Waals surface area contributed by atoms with Gasteiger partial charge in [0, 0.05) is 27.7 Å². The van der Waals surface area contributed by atoms with Crippen molar-refractivity contribution in [1.82, 2.24) is 9.99 Å². The van der Waals surface area contributed by atoms with E-state index in [0.29, 0.717) is 17.3 Å². The van der Waals surface area contributed by atoms with E-state index in [-0.39, 0.29) is 56.3 Å². The Bertz CT molecular complexity index is 2550. The van der Waals surface area contributed by atoms with Gasteiger partial charge >= 0.3 is 18.5 Å². The highest BCUT2D eigenvalue weighted by molar-refractivity contribution is 6.33. The van der Waals surface area contributed by atoms with E-state index in [1.165, 1.54) is 48.5 Å². The monoisotopic (exact) mass is 916 g/mol. The van der Waals surface area contributed by atoms with Gasteiger partial charge in [-0.1, -0.05) is 58.6 Å². The molecule has 2 aliphatic carbocycles. The quantitative estimate of drug-likeness (QED) is 0.116. The van der Waals surface area contributed by atoms with Gasteiger partial charge in [-0.2, -0.15) is 44.5 Å². The highest BCUT2D eigenvalue weighted by Crippen LogP contribution is 2.65. The summed E-state index contributed by atoms with van der Waals surface area (Å²) in [5, 5.41) is 11.5. The molecule has 0 bridgehead atoms. The molecule has 1 aromatic heterocycles. The highest BCUT2D eigenvalue weighted by atomic mass is 35.5. The number of amides is 4. The number of rotatable bonds is 5. The fourth-order valence-electron chi connectivity index (χ4n) is 9.21. The van der Waals surface area contributed by atoms with Crippen LogP contribution in [-0.4, -0.2) is 38.7 Å². The Hall–Kier alpha value is -5.33. The molecule has 61 heavy (non-hydrogen) atoms. The Morgan fingerprint density at radius 1 is 0.721 bits per heavy atom. The molecule has 0 radical (unpaired) electrons. The van der Waals surface area contributed by atoms with Crippen molar-refractivity contribution < 1.29 is 63.8 Å². The van der Waals surface area contributed by atoms with Gasteiger partial charge in [0.15, 0.2) is 5.82 Å². The first kappa shape index (κ1) is 42.4. The predicted octanol–water partition coefficient (Wildman–Crippen LogP) is 9.99. The minimum absolute atomic E-state index is 0.0304. The van der Waals surface area contributed by atoms with Gasteiger partial charge < -0.3 is 5.11 Å². The molecule has 8 rings (SSSR count). The van der Waals surface area contributed by atoms with Crippen LogP contribution in [0.5, 0.6) is 5.75 Å². The summed E-state index contributed by atoms with van der Waals surface area (Å²) < 4.78 is 124. The van der Waals surface area contributed by atoms with Crippen molar-refractivity contribution >= 4 is 69.9 Å². The molecule has 2 aliphatic heterocycles. The summed E-state index contributed by atoms with van der Waals surface area (Å²) in [6, 6.07) is 10.3. The molecule has 2 saturated heterocycles. The van der Waals surface area contributed by atoms with Gasteiger partial charge in [0.1, 0.15) is 5.75 Å². The van der Waals surface area contributed by atoms with E-state index in [9.17, 15) is 59.0 Å². The molecule has 21 heteroatoms. The Morgan fingerprint density at radius 2 is 1.33 bits per heavy atom. The van der Waals surface area contributed by atoms with Crippen LogP contribution < -0.4 is 10.3 Å². The molecule has 3 fully saturated rings. The van der Waals surface area contributed by atoms with E-state index >= 15 is 4.79 Å². The summed E-state index contributed by atoms with van der Waals surface area (Å²) in [5.74, 6) is -12.5. The first-order valence-electron chi connectivity index (χ1n) is 17.9. The number of alkyl halides is 9. The Labute approximate surface area is 352 Å². The molecule has 4 amide bonds. The predicted molar refractivity (Wildman–Crippen MR) is 199 cm³/mol. The van der Waals surface area contributed by atoms with Crippen molar-refractivity contribution in [2.45, 2.75) is 42.7 Å². The highest BCUT2D eigenvalue weighted by Gasteiger charge is 2.71. The second-order valence-corrected chi connectivity index (χ2v) is 16.2. The zero-order valence-electron chi connectivity index (χ0n) is 30.3. The number of benzene rings is 3. The number of anilines is 2. The average molecular weight is 918 g/mol. The average Bonchev–Trinajstić information content (AvgIpc) is 3.56. The number of hydrogen-bond acceptors (Lipinski definition) is 7. The number of nitrogens with one attached hydrogen (secondary N) is 1. The minimum Gasteiger partial charge on any atom is -0.508 e. The second-order valence-electron chi connectivity index (χ2n) is 14.9. The van der Waals surface area contributed by atoms with E-state index in [1.54, 1.807) is 0 Å². The van der Waals surface area contributed by atoms with Gasteiger partial charge in [-0.05, 0) is 78.9 Å². The normalized spacial score (nSPS) is 25.4. The lowest BCUT2D eigenvalue weighted by molar-refractivity contribution is -0.143. The van der Waals surface area contributed by atoms with Gasteiger partial charge in [0.2, 0.25) is 11.8 Å². The molecule has 4 aliphatic rings. The zero-order chi connectivity index (χ0) is 44.3. The standard InChI is InChI=1S/C40H24Cl3F9N4O5/c41-20-3-1-16(2-4-20)37-27(34(59)56(36(37)61)54-32-28(43)12-19(15-53-32)40(50,51)52)14-25-23(31(37)26-13-21(42)5-8-29(26)57)6-7-24-30(25)35(60)55(33(24)58)22-10-17(38(44,45)46)9-18(11-22)39(47,48)49/h1-6,8-13,15,24-25,27,30-31,57H,7,14H2,(H,53,54)/t24-,25+,27-,30-,31+,37+/m0/s1. The SMILES string of the molecule is O=C1[C@@H]2C[C@@H]3C(=CC[C@@H]4C(=O)N(c5cc(C(F)(F)F)cc(C(F)(F)F)c5)C(=O)[C@@H]43)[C@H](c3cc(Cl)ccc3O)[C@]2(c2ccc(Cl)cc2)C(=O)N1Nc1ncc(C(F)(F)F)cc1Cl. The third-order valence-electron chi connectivity index (χ3n) is 11.7. The number of aromatic hydroxyl groups is 1. The van der Waals surface area contributed by atoms with Crippen molar-refractivity contribution in [1.29, 1.82) is 0 Å². The summed E-state index contributed by atoms with van der Waals surface area (Å²) in [6.45, 7) is 0. The van der Waals surface area contributed by atoms with Crippen LogP contribution in [-0.2, 0) is 43.1 Å². The topological polar surface area (TPSA) is 120 Å². The fourth-order valence-corrected chi connectivity index (χ4v) is 9.72. The molecular formula is C40H24Cl3F9N4O5. The van der Waals surface area contributed by atoms with Crippen LogP contribution in [0.25, 0.3) is 0 Å². The van der Waals surface area contributed by atoms with E-state index in [2.05, 4.69) is 10.4 Å². The largest absolute Gasteiger partial charge is 0.508 e. The maximum Gasteiger partial charge on any atom is 0.417 e. The number of phenolic OH excluding ortho intramolecular Hbond substituents is 1. The lowest BCUT2D eigenvalue weighted by Crippen LogP contribution is -2.53. The smallest absolute Gasteiger partial charge is 0.417 e. The van der Waals surface area contributed by atoms with E-state index < -0.39 is 123 Å². The lowest BCUT2D eigenvalue weighted by Gasteiger charge is -2.50. The van der Waals surface area contributed by atoms with Gasteiger partial charge in [-0.25, -0.2) is 9.88 Å². The molecule has 1 saturated carbocycles. The van der Waals surface area contributed by atoms with Crippen LogP contribution in [0.15, 0.2) is 84.6 Å². The van der Waals surface area contributed by atoms with Crippen LogP contribution in [0.1, 0.15) is 46.6 Å². The Morgan fingerprint density at radius 3 is 1.92 bits per heavy atom. The van der Waals surface area contributed by atoms with Crippen molar-refractivity contribution in [2.24, 2.45) is 23.7 Å². The van der Waals surface area contributed by atoms with Crippen molar-refractivity contribution in [3.05, 3.63) is 127 Å². The molecular weight excluding hydrogens is 894 g/mol. The molecule has 0 unspecified atom stereocenters. The summed E-state index contributed by atoms with van der Waals surface area (Å²) in [5.41, 5.74) is -5.21. The number of hydrazine groups is 1. The van der Waals surface area contributed by atoms with E-state index in [4.69, 9.17) is 34.8 Å². The molecule has 4 aromatic rings. The number of phenols is 1. The van der Waals surface area contributed by atoms with Crippen LogP contribution in [0.3, 0.4) is 0 Å². The zero-order valence-corrected chi connectivity index (χ0v) is 32.5. The number of aromatic nitrogens is 1. The number of imide groups is 2. The number of carbonyl (C=O) groups excluding carboxylic acids is 4. The third-order valence-corrected chi connectivity index (χ3v) is 12.5. The Kier molecular flexibility index (Phi) is 9.98. The summed E-state index contributed by atoms with van der Waals surface area (Å²) >= 11 is 18.9. The van der Waals surface area contributed by atoms with Crippen LogP contribution in [0, 0.1) is 23.7 Å². The first-order valence-corrected chi connectivity index (χ1v) is 19.1. The van der Waals surface area contributed by atoms with Gasteiger partial charge in [0.05, 0.1) is 50.6 Å². The number of pyridine rings is 1. The summed E-state index contributed by atoms with van der Waals surface area (Å²) in [6.07, 6.45) is -14.4. The van der Waals surface area contributed by atoms with Crippen LogP contribution in [0.4, 0.5) is 51.0 Å². The number of carbonyl (C=O) groups is 4. The maximum atomic E-state index is 15.3. The third kappa shape index (κ3) is 6.77. The van der Waals surface area contributed by atoms with Crippen LogP contribution >= 0.6 is 34.8 Å². The number of hydrogen-bond donors (Lipinski definition) is 2. The van der Waals surface area contributed by atoms with Crippen molar-refractivity contribution in [3.8, 4) is 5.75 Å². The number of fused-ring (bicyclic) bond motifs is 4. The molecule has 318 valence electrons. The molecule has 6 atom stereocenters. The lowest BCUT2D eigenvalue weighted by atomic mass is 9.49. The first-order chi connectivity index (χ1) is 28.4. The fraction of sp³-hybridized carbons (Fsp3) is 0.275. The molecule has 3 aromatic carbocycles. The number of nitrogens with zero attached hydrogens (tertiary/aromatic N) is 3. The van der Waals surface area contributed by atoms with Gasteiger partial charge in [-0.15, -0.1) is 0 Å². The Balaban J connectivity index is 1.31. The molecule has 2 N–H and O–H groups in total. The number of allylic oxidation sites excluding steroid dienone is 2. The number of halogens is 12. The van der Waals surface area contributed by atoms with Crippen molar-refractivity contribution in [2.75, 3.05) is 10.3 Å². The summed E-state index contributed by atoms with van der Waals surface area (Å²) in [4.78, 5) is 62.6. The van der Waals surface area contributed by atoms with Gasteiger partial charge in [0.25, 0.3) is 11.8 Å². The maximum absolute atomic E-state index is 15.3. The minimum atomic E-state index is -5.32. The molecule has 3 heterocycles.